The number of nitrogens with zero attached hydrogens (tertiary/aromatic N) is 2. The SMILES string of the molecule is COc1cccc(CN(C(=O)CN(c2ccc(Cl)c(C(F)(F)F)c2)S(=O)(=O)c2ccccc2)[C@@H](C)C(=O)NC2CCCC2)c1. The summed E-state index contributed by atoms with van der Waals surface area (Å²) in [7, 11) is -3.07. The van der Waals surface area contributed by atoms with Gasteiger partial charge in [0.25, 0.3) is 10.0 Å². The Morgan fingerprint density at radius 3 is 2.34 bits per heavy atom. The average molecular weight is 652 g/mol. The molecule has 0 spiro atoms. The molecule has 1 N–H and O–H groups in total. The summed E-state index contributed by atoms with van der Waals surface area (Å²) in [6.07, 6.45) is -1.32. The highest BCUT2D eigenvalue weighted by atomic mass is 35.5. The molecular weight excluding hydrogens is 619 g/mol. The minimum atomic E-state index is -4.88. The molecule has 0 saturated heterocycles. The van der Waals surface area contributed by atoms with Crippen molar-refractivity contribution in [3.63, 3.8) is 0 Å². The molecule has 0 unspecified atom stereocenters. The standard InChI is InChI=1S/C31H33ClF3N3O5S/c1-21(30(40)36-23-10-6-7-11-23)37(19-22-9-8-12-25(17-22)43-2)29(39)20-38(44(41,42)26-13-4-3-5-14-26)24-15-16-28(32)27(18-24)31(33,34)35/h3-5,8-9,12-18,21,23H,6-7,10-11,19-20H2,1-2H3,(H,36,40)/t21-/m0/s1. The zero-order chi connectivity index (χ0) is 32.1. The van der Waals surface area contributed by atoms with Gasteiger partial charge in [-0.15, -0.1) is 0 Å². The number of alkyl halides is 3. The Hall–Kier alpha value is -3.77. The molecule has 1 fully saturated rings. The number of hydrogen-bond acceptors (Lipinski definition) is 5. The summed E-state index contributed by atoms with van der Waals surface area (Å²) in [6.45, 7) is 0.548. The van der Waals surface area contributed by atoms with E-state index in [2.05, 4.69) is 5.32 Å². The third kappa shape index (κ3) is 7.84. The van der Waals surface area contributed by atoms with Crippen molar-refractivity contribution in [2.45, 2.75) is 62.3 Å². The number of benzene rings is 3. The number of carbonyl (C=O) groups excluding carboxylic acids is 2. The second-order valence-corrected chi connectivity index (χ2v) is 12.8. The first-order chi connectivity index (χ1) is 20.8. The molecule has 1 aliphatic carbocycles. The number of methoxy groups -OCH3 is 1. The van der Waals surface area contributed by atoms with Gasteiger partial charge in [0, 0.05) is 12.6 Å². The Balaban J connectivity index is 1.75. The fourth-order valence-electron chi connectivity index (χ4n) is 5.08. The van der Waals surface area contributed by atoms with Crippen LogP contribution in [0.25, 0.3) is 0 Å². The quantitative estimate of drug-likeness (QED) is 0.273. The number of nitrogens with one attached hydrogen (secondary N) is 1. The molecule has 1 saturated carbocycles. The molecule has 1 aliphatic rings. The van der Waals surface area contributed by atoms with E-state index in [0.717, 1.165) is 37.8 Å². The number of anilines is 1. The highest BCUT2D eigenvalue weighted by Crippen LogP contribution is 2.38. The minimum absolute atomic E-state index is 0.0384. The van der Waals surface area contributed by atoms with E-state index in [9.17, 15) is 31.2 Å². The number of ether oxygens (including phenoxy) is 1. The van der Waals surface area contributed by atoms with E-state index in [4.69, 9.17) is 16.3 Å². The molecule has 0 aromatic heterocycles. The maximum Gasteiger partial charge on any atom is 0.417 e. The summed E-state index contributed by atoms with van der Waals surface area (Å²) in [5, 5.41) is 2.34. The van der Waals surface area contributed by atoms with Gasteiger partial charge in [0.15, 0.2) is 0 Å². The molecule has 44 heavy (non-hydrogen) atoms. The van der Waals surface area contributed by atoms with Gasteiger partial charge >= 0.3 is 6.18 Å². The zero-order valence-electron chi connectivity index (χ0n) is 24.2. The van der Waals surface area contributed by atoms with Crippen LogP contribution in [0, 0.1) is 0 Å². The lowest BCUT2D eigenvalue weighted by molar-refractivity contribution is -0.139. The van der Waals surface area contributed by atoms with Crippen molar-refractivity contribution >= 4 is 39.1 Å². The monoisotopic (exact) mass is 651 g/mol. The minimum Gasteiger partial charge on any atom is -0.497 e. The van der Waals surface area contributed by atoms with Crippen LogP contribution >= 0.6 is 11.6 Å². The maximum atomic E-state index is 14.1. The lowest BCUT2D eigenvalue weighted by Gasteiger charge is -2.32. The molecule has 13 heteroatoms. The molecule has 8 nitrogen and oxygen atoms in total. The van der Waals surface area contributed by atoms with Crippen LogP contribution in [0.15, 0.2) is 77.7 Å². The second kappa shape index (κ2) is 13.9. The van der Waals surface area contributed by atoms with Crippen LogP contribution in [0.1, 0.15) is 43.7 Å². The Kier molecular flexibility index (Phi) is 10.5. The van der Waals surface area contributed by atoms with Crippen LogP contribution < -0.4 is 14.4 Å². The topological polar surface area (TPSA) is 96.0 Å². The van der Waals surface area contributed by atoms with Crippen LogP contribution in [0.4, 0.5) is 18.9 Å². The van der Waals surface area contributed by atoms with Crippen molar-refractivity contribution in [2.24, 2.45) is 0 Å². The largest absolute Gasteiger partial charge is 0.497 e. The van der Waals surface area contributed by atoms with Crippen LogP contribution in [0.5, 0.6) is 5.75 Å². The van der Waals surface area contributed by atoms with Crippen molar-refractivity contribution in [2.75, 3.05) is 18.0 Å². The van der Waals surface area contributed by atoms with E-state index >= 15 is 0 Å². The molecule has 3 aromatic rings. The van der Waals surface area contributed by atoms with Crippen molar-refractivity contribution in [1.29, 1.82) is 0 Å². The van der Waals surface area contributed by atoms with Gasteiger partial charge in [-0.3, -0.25) is 13.9 Å². The summed E-state index contributed by atoms with van der Waals surface area (Å²) in [5.41, 5.74) is -1.07. The highest BCUT2D eigenvalue weighted by molar-refractivity contribution is 7.92. The van der Waals surface area contributed by atoms with E-state index in [1.807, 2.05) is 0 Å². The Bertz CT molecular complexity index is 1580. The molecule has 0 radical (unpaired) electrons. The highest BCUT2D eigenvalue weighted by Gasteiger charge is 2.37. The third-order valence-electron chi connectivity index (χ3n) is 7.51. The van der Waals surface area contributed by atoms with Gasteiger partial charge in [-0.1, -0.05) is 54.8 Å². The molecular formula is C31H33ClF3N3O5S. The molecule has 1 atom stereocenters. The number of sulfonamides is 1. The van der Waals surface area contributed by atoms with Gasteiger partial charge in [-0.2, -0.15) is 13.2 Å². The van der Waals surface area contributed by atoms with Crippen LogP contribution in [-0.2, 0) is 32.3 Å². The third-order valence-corrected chi connectivity index (χ3v) is 9.63. The number of amides is 2. The van der Waals surface area contributed by atoms with Gasteiger partial charge in [0.1, 0.15) is 18.3 Å². The van der Waals surface area contributed by atoms with Crippen LogP contribution in [-0.4, -0.2) is 50.9 Å². The van der Waals surface area contributed by atoms with Gasteiger partial charge in [0.05, 0.1) is 28.3 Å². The first-order valence-corrected chi connectivity index (χ1v) is 15.8. The van der Waals surface area contributed by atoms with Crippen LogP contribution in [0.3, 0.4) is 0 Å². The van der Waals surface area contributed by atoms with Crippen LogP contribution in [0.2, 0.25) is 5.02 Å². The van der Waals surface area contributed by atoms with Crippen molar-refractivity contribution in [3.8, 4) is 5.75 Å². The maximum absolute atomic E-state index is 14.1. The summed E-state index contributed by atoms with van der Waals surface area (Å²) >= 11 is 5.82. The lowest BCUT2D eigenvalue weighted by atomic mass is 10.1. The summed E-state index contributed by atoms with van der Waals surface area (Å²) in [5.74, 6) is -0.714. The van der Waals surface area contributed by atoms with Crippen molar-refractivity contribution in [1.82, 2.24) is 10.2 Å². The lowest BCUT2D eigenvalue weighted by Crippen LogP contribution is -2.52. The molecule has 0 bridgehead atoms. The zero-order valence-corrected chi connectivity index (χ0v) is 25.8. The second-order valence-electron chi connectivity index (χ2n) is 10.5. The first-order valence-electron chi connectivity index (χ1n) is 14.0. The molecule has 0 heterocycles. The molecule has 0 aliphatic heterocycles. The summed E-state index contributed by atoms with van der Waals surface area (Å²) < 4.78 is 75.0. The number of rotatable bonds is 11. The first kappa shape index (κ1) is 33.1. The van der Waals surface area contributed by atoms with E-state index in [-0.39, 0.29) is 17.5 Å². The van der Waals surface area contributed by atoms with Crippen molar-refractivity contribution in [3.05, 3.63) is 88.9 Å². The smallest absolute Gasteiger partial charge is 0.417 e. The van der Waals surface area contributed by atoms with Gasteiger partial charge in [0.2, 0.25) is 11.8 Å². The van der Waals surface area contributed by atoms with Gasteiger partial charge < -0.3 is 15.0 Å². The number of carbonyl (C=O) groups is 2. The predicted molar refractivity (Wildman–Crippen MR) is 161 cm³/mol. The Morgan fingerprint density at radius 1 is 1.02 bits per heavy atom. The molecule has 4 rings (SSSR count). The molecule has 236 valence electrons. The molecule has 2 amide bonds. The number of halogens is 4. The fraction of sp³-hybridized carbons (Fsp3) is 0.355. The van der Waals surface area contributed by atoms with E-state index in [1.165, 1.54) is 43.2 Å². The van der Waals surface area contributed by atoms with E-state index in [1.54, 1.807) is 30.3 Å². The summed E-state index contributed by atoms with van der Waals surface area (Å²) in [6, 6.07) is 15.4. The van der Waals surface area contributed by atoms with Gasteiger partial charge in [-0.05, 0) is 67.8 Å². The van der Waals surface area contributed by atoms with E-state index < -0.39 is 56.9 Å². The van der Waals surface area contributed by atoms with Gasteiger partial charge in [-0.25, -0.2) is 8.42 Å². The normalized spacial score (nSPS) is 14.6. The average Bonchev–Trinajstić information content (AvgIpc) is 3.51. The summed E-state index contributed by atoms with van der Waals surface area (Å²) in [4.78, 5) is 28.4. The fourth-order valence-corrected chi connectivity index (χ4v) is 6.73. The Morgan fingerprint density at radius 2 is 1.70 bits per heavy atom. The Labute approximate surface area is 259 Å². The van der Waals surface area contributed by atoms with Crippen molar-refractivity contribution < 1.29 is 35.9 Å². The van der Waals surface area contributed by atoms with E-state index in [0.29, 0.717) is 21.7 Å². The predicted octanol–water partition coefficient (Wildman–Crippen LogP) is 6.04. The number of hydrogen-bond donors (Lipinski definition) is 1. The molecule has 3 aromatic carbocycles.